The Morgan fingerprint density at radius 2 is 2.46 bits per heavy atom. The lowest BCUT2D eigenvalue weighted by molar-refractivity contribution is 0.202. The van der Waals surface area contributed by atoms with Crippen LogP contribution in [0.5, 0.6) is 0 Å². The number of rotatable bonds is 5. The fraction of sp³-hybridized carbons (Fsp3) is 0.667. The van der Waals surface area contributed by atoms with Gasteiger partial charge < -0.3 is 9.84 Å². The second kappa shape index (κ2) is 5.32. The Bertz CT molecular complexity index is 250. The van der Waals surface area contributed by atoms with Gasteiger partial charge in [0, 0.05) is 24.8 Å². The van der Waals surface area contributed by atoms with Gasteiger partial charge >= 0.3 is 0 Å². The van der Waals surface area contributed by atoms with Gasteiger partial charge in [-0.3, -0.25) is 0 Å². The molecule has 0 saturated carbocycles. The van der Waals surface area contributed by atoms with Gasteiger partial charge in [0.25, 0.3) is 0 Å². The highest BCUT2D eigenvalue weighted by atomic mass is 32.1. The van der Waals surface area contributed by atoms with E-state index in [-0.39, 0.29) is 12.5 Å². The normalized spacial score (nSPS) is 13.2. The minimum absolute atomic E-state index is 0.146. The number of aromatic nitrogens is 1. The molecule has 0 aliphatic carbocycles. The summed E-state index contributed by atoms with van der Waals surface area (Å²) in [7, 11) is 1.69. The maximum absolute atomic E-state index is 8.91. The molecule has 1 heterocycles. The summed E-state index contributed by atoms with van der Waals surface area (Å²) in [5, 5.41) is 12.0. The second-order valence-electron chi connectivity index (χ2n) is 2.99. The molecule has 0 spiro atoms. The molecule has 1 unspecified atom stereocenters. The number of ether oxygens (including phenoxy) is 1. The zero-order chi connectivity index (χ0) is 9.68. The van der Waals surface area contributed by atoms with Crippen molar-refractivity contribution in [1.82, 2.24) is 4.98 Å². The quantitative estimate of drug-likeness (QED) is 0.783. The predicted molar refractivity (Wildman–Crippen MR) is 53.2 cm³/mol. The van der Waals surface area contributed by atoms with Gasteiger partial charge in [-0.1, -0.05) is 6.92 Å². The lowest BCUT2D eigenvalue weighted by Gasteiger charge is -2.01. The highest BCUT2D eigenvalue weighted by molar-refractivity contribution is 7.09. The monoisotopic (exact) mass is 201 g/mol. The van der Waals surface area contributed by atoms with Crippen molar-refractivity contribution in [1.29, 1.82) is 0 Å². The molecule has 0 aromatic carbocycles. The van der Waals surface area contributed by atoms with Gasteiger partial charge in [0.1, 0.15) is 0 Å². The lowest BCUT2D eigenvalue weighted by atomic mass is 10.1. The molecule has 13 heavy (non-hydrogen) atoms. The zero-order valence-corrected chi connectivity index (χ0v) is 8.80. The summed E-state index contributed by atoms with van der Waals surface area (Å²) in [6.45, 7) is 2.84. The fourth-order valence-electron chi connectivity index (χ4n) is 0.949. The summed E-state index contributed by atoms with van der Waals surface area (Å²) in [6.07, 6.45) is 0.860. The molecule has 0 aliphatic rings. The number of hydrogen-bond donors (Lipinski definition) is 1. The Hall–Kier alpha value is -0.450. The van der Waals surface area contributed by atoms with Crippen LogP contribution in [0.25, 0.3) is 0 Å². The SMILES string of the molecule is COCCc1nc(C(C)CO)cs1. The summed E-state index contributed by atoms with van der Waals surface area (Å²) in [5.74, 6) is 0.146. The van der Waals surface area contributed by atoms with E-state index in [4.69, 9.17) is 9.84 Å². The van der Waals surface area contributed by atoms with Crippen molar-refractivity contribution >= 4 is 11.3 Å². The van der Waals surface area contributed by atoms with Gasteiger partial charge in [-0.2, -0.15) is 0 Å². The summed E-state index contributed by atoms with van der Waals surface area (Å²) in [5.41, 5.74) is 0.985. The van der Waals surface area contributed by atoms with Crippen LogP contribution >= 0.6 is 11.3 Å². The molecule has 0 fully saturated rings. The van der Waals surface area contributed by atoms with E-state index in [0.29, 0.717) is 6.61 Å². The van der Waals surface area contributed by atoms with E-state index in [1.807, 2.05) is 12.3 Å². The molecule has 1 N–H and O–H groups in total. The Morgan fingerprint density at radius 1 is 1.69 bits per heavy atom. The molecule has 3 nitrogen and oxygen atoms in total. The van der Waals surface area contributed by atoms with Crippen molar-refractivity contribution in [3.05, 3.63) is 16.1 Å². The van der Waals surface area contributed by atoms with Gasteiger partial charge in [-0.15, -0.1) is 11.3 Å². The molecule has 1 atom stereocenters. The van der Waals surface area contributed by atoms with Crippen molar-refractivity contribution < 1.29 is 9.84 Å². The van der Waals surface area contributed by atoms with Crippen molar-refractivity contribution in [2.24, 2.45) is 0 Å². The maximum Gasteiger partial charge on any atom is 0.0951 e. The van der Waals surface area contributed by atoms with Crippen LogP contribution in [-0.2, 0) is 11.2 Å². The van der Waals surface area contributed by atoms with Crippen LogP contribution in [-0.4, -0.2) is 30.4 Å². The smallest absolute Gasteiger partial charge is 0.0951 e. The van der Waals surface area contributed by atoms with E-state index in [1.54, 1.807) is 18.4 Å². The molecular weight excluding hydrogens is 186 g/mol. The second-order valence-corrected chi connectivity index (χ2v) is 3.94. The number of aliphatic hydroxyl groups is 1. The molecule has 0 bridgehead atoms. The molecule has 0 aliphatic heterocycles. The van der Waals surface area contributed by atoms with Crippen LogP contribution in [0.15, 0.2) is 5.38 Å². The molecule has 0 radical (unpaired) electrons. The molecule has 0 amide bonds. The summed E-state index contributed by atoms with van der Waals surface area (Å²) in [4.78, 5) is 4.40. The van der Waals surface area contributed by atoms with E-state index >= 15 is 0 Å². The largest absolute Gasteiger partial charge is 0.396 e. The van der Waals surface area contributed by atoms with Crippen molar-refractivity contribution in [2.45, 2.75) is 19.3 Å². The summed E-state index contributed by atoms with van der Waals surface area (Å²) >= 11 is 1.63. The third kappa shape index (κ3) is 3.06. The minimum atomic E-state index is 0.146. The number of aliphatic hydroxyl groups excluding tert-OH is 1. The van der Waals surface area contributed by atoms with Gasteiger partial charge in [0.15, 0.2) is 0 Å². The maximum atomic E-state index is 8.91. The van der Waals surface area contributed by atoms with Gasteiger partial charge in [0.2, 0.25) is 0 Å². The average molecular weight is 201 g/mol. The van der Waals surface area contributed by atoms with Crippen molar-refractivity contribution in [3.8, 4) is 0 Å². The number of nitrogens with zero attached hydrogens (tertiary/aromatic N) is 1. The highest BCUT2D eigenvalue weighted by Crippen LogP contribution is 2.18. The zero-order valence-electron chi connectivity index (χ0n) is 7.99. The topological polar surface area (TPSA) is 42.4 Å². The van der Waals surface area contributed by atoms with E-state index in [2.05, 4.69) is 4.98 Å². The van der Waals surface area contributed by atoms with Crippen LogP contribution in [0.1, 0.15) is 23.5 Å². The first kappa shape index (κ1) is 10.6. The first-order valence-corrected chi connectivity index (χ1v) is 5.20. The summed E-state index contributed by atoms with van der Waals surface area (Å²) < 4.78 is 4.96. The molecule has 74 valence electrons. The predicted octanol–water partition coefficient (Wildman–Crippen LogP) is 1.43. The molecule has 0 saturated heterocycles. The third-order valence-electron chi connectivity index (χ3n) is 1.87. The van der Waals surface area contributed by atoms with Gasteiger partial charge in [-0.25, -0.2) is 4.98 Å². The van der Waals surface area contributed by atoms with Crippen molar-refractivity contribution in [3.63, 3.8) is 0 Å². The van der Waals surface area contributed by atoms with E-state index < -0.39 is 0 Å². The highest BCUT2D eigenvalue weighted by Gasteiger charge is 2.08. The average Bonchev–Trinajstić information content (AvgIpc) is 2.62. The van der Waals surface area contributed by atoms with Crippen molar-refractivity contribution in [2.75, 3.05) is 20.3 Å². The molecular formula is C9H15NO2S. The first-order chi connectivity index (χ1) is 6.27. The van der Waals surface area contributed by atoms with E-state index in [9.17, 15) is 0 Å². The first-order valence-electron chi connectivity index (χ1n) is 4.32. The van der Waals surface area contributed by atoms with Crippen LogP contribution < -0.4 is 0 Å². The minimum Gasteiger partial charge on any atom is -0.396 e. The molecule has 4 heteroatoms. The Balaban J connectivity index is 2.53. The third-order valence-corrected chi connectivity index (χ3v) is 2.80. The Morgan fingerprint density at radius 3 is 3.08 bits per heavy atom. The fourth-order valence-corrected chi connectivity index (χ4v) is 1.85. The standard InChI is InChI=1S/C9H15NO2S/c1-7(5-11)8-6-13-9(10-8)3-4-12-2/h6-7,11H,3-5H2,1-2H3. The van der Waals surface area contributed by atoms with Crippen LogP contribution in [0.3, 0.4) is 0 Å². The van der Waals surface area contributed by atoms with Gasteiger partial charge in [0.05, 0.1) is 23.9 Å². The van der Waals surface area contributed by atoms with Crippen LogP contribution in [0.2, 0.25) is 0 Å². The Kier molecular flexibility index (Phi) is 4.35. The Labute approximate surface area is 82.4 Å². The van der Waals surface area contributed by atoms with Gasteiger partial charge in [-0.05, 0) is 0 Å². The molecule has 1 aromatic heterocycles. The number of hydrogen-bond acceptors (Lipinski definition) is 4. The van der Waals surface area contributed by atoms with E-state index in [1.165, 1.54) is 0 Å². The van der Waals surface area contributed by atoms with Crippen LogP contribution in [0.4, 0.5) is 0 Å². The van der Waals surface area contributed by atoms with Crippen LogP contribution in [0, 0.1) is 0 Å². The number of thiazole rings is 1. The molecule has 1 aromatic rings. The molecule has 1 rings (SSSR count). The number of methoxy groups -OCH3 is 1. The summed E-state index contributed by atoms with van der Waals surface area (Å²) in [6, 6.07) is 0. The lowest BCUT2D eigenvalue weighted by Crippen LogP contribution is -2.00. The van der Waals surface area contributed by atoms with E-state index in [0.717, 1.165) is 17.1 Å².